The highest BCUT2D eigenvalue weighted by Gasteiger charge is 2.28. The molecule has 3 heterocycles. The van der Waals surface area contributed by atoms with Gasteiger partial charge in [-0.2, -0.15) is 5.10 Å². The topological polar surface area (TPSA) is 153 Å². The first kappa shape index (κ1) is 31.2. The van der Waals surface area contributed by atoms with E-state index in [1.807, 2.05) is 0 Å². The number of Topliss-reactive ketones (excluding diaryl/α,β-unsaturated/α-hetero) is 1. The molecule has 2 aromatic carbocycles. The highest BCUT2D eigenvalue weighted by Crippen LogP contribution is 2.38. The van der Waals surface area contributed by atoms with Gasteiger partial charge in [0.05, 0.1) is 48.8 Å². The van der Waals surface area contributed by atoms with Crippen molar-refractivity contribution >= 4 is 33.4 Å². The molecule has 1 fully saturated rings. The van der Waals surface area contributed by atoms with Crippen LogP contribution in [0.5, 0.6) is 17.4 Å². The SMILES string of the molecule is Cc1cc(Oc2ccccc2F)ncc1-n1ncc(C(=O)C2=Cc3cc(N(CCN4CCOCC4)S(C)(=O)=O)c(O)cc3C2)c1N. The van der Waals surface area contributed by atoms with Crippen LogP contribution in [-0.2, 0) is 21.2 Å². The number of ketones is 1. The summed E-state index contributed by atoms with van der Waals surface area (Å²) in [7, 11) is -3.71. The van der Waals surface area contributed by atoms with Gasteiger partial charge in [-0.15, -0.1) is 0 Å². The second-order valence-corrected chi connectivity index (χ2v) is 13.1. The molecule has 1 saturated heterocycles. The Morgan fingerprint density at radius 1 is 1.17 bits per heavy atom. The third-order valence-electron chi connectivity index (χ3n) is 8.02. The third kappa shape index (κ3) is 6.32. The van der Waals surface area contributed by atoms with Gasteiger partial charge in [-0.25, -0.2) is 22.5 Å². The van der Waals surface area contributed by atoms with Crippen molar-refractivity contribution in [2.24, 2.45) is 0 Å². The number of nitrogens with two attached hydrogens (primary N) is 1. The predicted molar refractivity (Wildman–Crippen MR) is 171 cm³/mol. The van der Waals surface area contributed by atoms with Crippen molar-refractivity contribution in [3.8, 4) is 23.1 Å². The fourth-order valence-corrected chi connectivity index (χ4v) is 6.49. The van der Waals surface area contributed by atoms with Gasteiger partial charge in [0, 0.05) is 44.2 Å². The van der Waals surface area contributed by atoms with Crippen LogP contribution in [-0.4, -0.2) is 84.6 Å². The van der Waals surface area contributed by atoms with Gasteiger partial charge in [-0.05, 0) is 54.0 Å². The van der Waals surface area contributed by atoms with Gasteiger partial charge in [0.25, 0.3) is 0 Å². The fraction of sp³-hybridized carbons (Fsp3) is 0.281. The van der Waals surface area contributed by atoms with E-state index in [4.69, 9.17) is 15.2 Å². The second kappa shape index (κ2) is 12.5. The number of morpholine rings is 1. The van der Waals surface area contributed by atoms with Gasteiger partial charge in [-0.1, -0.05) is 12.1 Å². The number of fused-ring (bicyclic) bond motifs is 1. The molecule has 3 N–H and O–H groups in total. The van der Waals surface area contributed by atoms with Crippen LogP contribution in [0, 0.1) is 12.7 Å². The molecule has 1 aliphatic heterocycles. The van der Waals surface area contributed by atoms with E-state index in [2.05, 4.69) is 15.0 Å². The molecule has 0 spiro atoms. The van der Waals surface area contributed by atoms with Crippen LogP contribution in [0.25, 0.3) is 11.8 Å². The van der Waals surface area contributed by atoms with E-state index in [0.29, 0.717) is 60.8 Å². The van der Waals surface area contributed by atoms with Gasteiger partial charge in [0.1, 0.15) is 11.6 Å². The van der Waals surface area contributed by atoms with Gasteiger partial charge >= 0.3 is 0 Å². The molecule has 2 aliphatic rings. The van der Waals surface area contributed by atoms with Crippen LogP contribution in [0.4, 0.5) is 15.9 Å². The molecule has 0 saturated carbocycles. The number of ether oxygens (including phenoxy) is 2. The molecule has 0 unspecified atom stereocenters. The van der Waals surface area contributed by atoms with Crippen LogP contribution >= 0.6 is 0 Å². The number of carbonyl (C=O) groups is 1. The highest BCUT2D eigenvalue weighted by atomic mass is 32.2. The van der Waals surface area contributed by atoms with E-state index in [1.54, 1.807) is 37.3 Å². The minimum absolute atomic E-state index is 0.0388. The lowest BCUT2D eigenvalue weighted by Crippen LogP contribution is -2.43. The molecule has 0 amide bonds. The molecule has 14 heteroatoms. The number of nitrogens with zero attached hydrogens (tertiary/aromatic N) is 5. The van der Waals surface area contributed by atoms with Crippen molar-refractivity contribution in [2.75, 3.05) is 55.7 Å². The molecular weight excluding hydrogens is 615 g/mol. The number of phenols is 1. The summed E-state index contributed by atoms with van der Waals surface area (Å²) >= 11 is 0. The first-order valence-corrected chi connectivity index (χ1v) is 16.5. The lowest BCUT2D eigenvalue weighted by Gasteiger charge is -2.30. The molecule has 46 heavy (non-hydrogen) atoms. The number of halogens is 1. The van der Waals surface area contributed by atoms with E-state index in [1.165, 1.54) is 39.6 Å². The fourth-order valence-electron chi connectivity index (χ4n) is 5.57. The normalized spacial score (nSPS) is 15.0. The Balaban J connectivity index is 1.22. The Morgan fingerprint density at radius 2 is 1.93 bits per heavy atom. The van der Waals surface area contributed by atoms with E-state index < -0.39 is 15.8 Å². The van der Waals surface area contributed by atoms with E-state index in [-0.39, 0.29) is 53.2 Å². The summed E-state index contributed by atoms with van der Waals surface area (Å²) in [5, 5.41) is 15.2. The number of rotatable bonds is 10. The summed E-state index contributed by atoms with van der Waals surface area (Å²) in [6, 6.07) is 10.7. The average Bonchev–Trinajstić information content (AvgIpc) is 3.61. The van der Waals surface area contributed by atoms with E-state index >= 15 is 0 Å². The number of para-hydroxylation sites is 1. The molecule has 1 aliphatic carbocycles. The van der Waals surface area contributed by atoms with Crippen molar-refractivity contribution in [3.05, 3.63) is 88.5 Å². The zero-order chi connectivity index (χ0) is 32.6. The van der Waals surface area contributed by atoms with Crippen molar-refractivity contribution < 1.29 is 32.2 Å². The summed E-state index contributed by atoms with van der Waals surface area (Å²) in [5.41, 5.74) is 9.65. The number of benzene rings is 2. The first-order chi connectivity index (χ1) is 22.0. The largest absolute Gasteiger partial charge is 0.506 e. The number of hydrogen-bond donors (Lipinski definition) is 2. The summed E-state index contributed by atoms with van der Waals surface area (Å²) in [5.74, 6) is -0.733. The summed E-state index contributed by atoms with van der Waals surface area (Å²) in [6.07, 6.45) is 5.86. The Morgan fingerprint density at radius 3 is 2.65 bits per heavy atom. The first-order valence-electron chi connectivity index (χ1n) is 14.6. The van der Waals surface area contributed by atoms with Crippen LogP contribution in [0.15, 0.2) is 60.4 Å². The number of carbonyl (C=O) groups excluding carboxylic acids is 1. The van der Waals surface area contributed by atoms with Gasteiger partial charge in [-0.3, -0.25) is 14.0 Å². The monoisotopic (exact) mass is 648 g/mol. The minimum atomic E-state index is -3.71. The maximum atomic E-state index is 14.0. The Labute approximate surface area is 265 Å². The number of nitrogen functional groups attached to an aromatic ring is 1. The molecule has 240 valence electrons. The number of phenolic OH excluding ortho intramolecular Hbond substituents is 1. The number of allylic oxidation sites excluding steroid dienone is 1. The number of aryl methyl sites for hydroxylation is 1. The van der Waals surface area contributed by atoms with Crippen LogP contribution in [0.1, 0.15) is 27.0 Å². The smallest absolute Gasteiger partial charge is 0.232 e. The summed E-state index contributed by atoms with van der Waals surface area (Å²) < 4.78 is 53.1. The zero-order valence-electron chi connectivity index (χ0n) is 25.3. The minimum Gasteiger partial charge on any atom is -0.506 e. The van der Waals surface area contributed by atoms with Crippen molar-refractivity contribution in [2.45, 2.75) is 13.3 Å². The molecule has 2 aromatic heterocycles. The standard InChI is InChI=1S/C32H33FN6O6S/c1-20-13-30(45-29-6-4-3-5-25(29)33)35-19-27(20)39-32(34)24(18-36-39)31(41)23-14-21-16-26(28(40)17-22(21)15-23)38(46(2,42)43)8-7-37-9-11-44-12-10-37/h3-6,13-14,16-19,40H,7-12,15,34H2,1-2H3. The molecule has 0 bridgehead atoms. The van der Waals surface area contributed by atoms with Crippen molar-refractivity contribution in [1.82, 2.24) is 19.7 Å². The van der Waals surface area contributed by atoms with Crippen LogP contribution in [0.3, 0.4) is 0 Å². The molecule has 0 atom stereocenters. The van der Waals surface area contributed by atoms with Crippen LogP contribution < -0.4 is 14.8 Å². The number of anilines is 2. The second-order valence-electron chi connectivity index (χ2n) is 11.2. The lowest BCUT2D eigenvalue weighted by molar-refractivity contribution is 0.0395. The Kier molecular flexibility index (Phi) is 8.51. The molecule has 12 nitrogen and oxygen atoms in total. The summed E-state index contributed by atoms with van der Waals surface area (Å²) in [4.78, 5) is 20.0. The zero-order valence-corrected chi connectivity index (χ0v) is 26.1. The highest BCUT2D eigenvalue weighted by molar-refractivity contribution is 7.92. The van der Waals surface area contributed by atoms with Crippen molar-refractivity contribution in [3.63, 3.8) is 0 Å². The van der Waals surface area contributed by atoms with Gasteiger partial charge in [0.2, 0.25) is 15.9 Å². The van der Waals surface area contributed by atoms with Gasteiger partial charge in [0.15, 0.2) is 17.3 Å². The predicted octanol–water partition coefficient (Wildman–Crippen LogP) is 3.72. The number of aromatic hydroxyl groups is 1. The maximum Gasteiger partial charge on any atom is 0.232 e. The average molecular weight is 649 g/mol. The molecule has 0 radical (unpaired) electrons. The van der Waals surface area contributed by atoms with Crippen LogP contribution in [0.2, 0.25) is 0 Å². The molecular formula is C32H33FN6O6S. The lowest BCUT2D eigenvalue weighted by atomic mass is 10.0. The third-order valence-corrected chi connectivity index (χ3v) is 9.20. The van der Waals surface area contributed by atoms with E-state index in [0.717, 1.165) is 6.26 Å². The van der Waals surface area contributed by atoms with Gasteiger partial charge < -0.3 is 20.3 Å². The number of aromatic nitrogens is 3. The Hall–Kier alpha value is -4.79. The maximum absolute atomic E-state index is 14.0. The summed E-state index contributed by atoms with van der Waals surface area (Å²) in [6.45, 7) is 4.99. The van der Waals surface area contributed by atoms with E-state index in [9.17, 15) is 22.7 Å². The number of sulfonamides is 1. The Bertz CT molecular complexity index is 1950. The quantitative estimate of drug-likeness (QED) is 0.243. The number of pyridine rings is 1. The number of hydrogen-bond acceptors (Lipinski definition) is 10. The van der Waals surface area contributed by atoms with Crippen molar-refractivity contribution in [1.29, 1.82) is 0 Å². The molecule has 6 rings (SSSR count). The molecule has 4 aromatic rings.